The van der Waals surface area contributed by atoms with Crippen molar-refractivity contribution in [1.82, 2.24) is 14.7 Å². The first-order chi connectivity index (χ1) is 13.6. The molecule has 0 fully saturated rings. The van der Waals surface area contributed by atoms with Crippen LogP contribution in [0.1, 0.15) is 21.6 Å². The quantitative estimate of drug-likeness (QED) is 0.576. The molecular formula is C21H22N4O2S. The van der Waals surface area contributed by atoms with Gasteiger partial charge < -0.3 is 0 Å². The molecule has 0 bridgehead atoms. The number of carbonyl (C=O) groups is 1. The van der Waals surface area contributed by atoms with E-state index in [0.717, 1.165) is 16.9 Å². The average molecular weight is 395 g/mol. The van der Waals surface area contributed by atoms with Gasteiger partial charge in [0.2, 0.25) is 0 Å². The Morgan fingerprint density at radius 1 is 0.964 bits per heavy atom. The lowest BCUT2D eigenvalue weighted by Crippen LogP contribution is -2.29. The maximum atomic E-state index is 12.3. The lowest BCUT2D eigenvalue weighted by Gasteiger charge is -2.19. The molecule has 2 N–H and O–H groups in total. The summed E-state index contributed by atoms with van der Waals surface area (Å²) in [6.45, 7) is 0.997. The third kappa shape index (κ3) is 5.73. The topological polar surface area (TPSA) is 74.3 Å². The van der Waals surface area contributed by atoms with Crippen molar-refractivity contribution in [3.63, 3.8) is 0 Å². The molecule has 1 heterocycles. The van der Waals surface area contributed by atoms with Gasteiger partial charge in [0.1, 0.15) is 0 Å². The van der Waals surface area contributed by atoms with E-state index >= 15 is 0 Å². The molecular weight excluding hydrogens is 372 g/mol. The predicted molar refractivity (Wildman–Crippen MR) is 112 cm³/mol. The largest absolute Gasteiger partial charge is 0.298 e. The van der Waals surface area contributed by atoms with Gasteiger partial charge in [-0.15, -0.1) is 0 Å². The van der Waals surface area contributed by atoms with Crippen molar-refractivity contribution in [1.29, 1.82) is 0 Å². The number of benzene rings is 2. The zero-order valence-corrected chi connectivity index (χ0v) is 16.4. The molecule has 3 rings (SSSR count). The summed E-state index contributed by atoms with van der Waals surface area (Å²) in [6.07, 6.45) is 3.38. The lowest BCUT2D eigenvalue weighted by atomic mass is 10.1. The Balaban J connectivity index is 1.59. The molecule has 0 radical (unpaired) electrons. The molecule has 144 valence electrons. The highest BCUT2D eigenvalue weighted by Crippen LogP contribution is 2.12. The number of carbonyl (C=O) groups excluding carboxylic acids is 1. The van der Waals surface area contributed by atoms with Crippen molar-refractivity contribution >= 4 is 22.6 Å². The van der Waals surface area contributed by atoms with E-state index in [-0.39, 0.29) is 5.91 Å². The number of anilines is 1. The molecule has 7 heteroatoms. The molecule has 1 unspecified atom stereocenters. The number of para-hydroxylation sites is 1. The van der Waals surface area contributed by atoms with Crippen molar-refractivity contribution in [2.75, 3.05) is 11.7 Å². The van der Waals surface area contributed by atoms with Gasteiger partial charge in [-0.05, 0) is 42.0 Å². The summed E-state index contributed by atoms with van der Waals surface area (Å²) in [7, 11) is -1.14. The third-order valence-corrected chi connectivity index (χ3v) is 5.08. The fourth-order valence-corrected chi connectivity index (χ4v) is 3.24. The smallest absolute Gasteiger partial charge is 0.269 e. The predicted octanol–water partition coefficient (Wildman–Crippen LogP) is 3.13. The molecule has 0 saturated heterocycles. The van der Waals surface area contributed by atoms with Crippen LogP contribution in [0.4, 0.5) is 5.69 Å². The minimum atomic E-state index is -1.14. The Morgan fingerprint density at radius 2 is 1.68 bits per heavy atom. The van der Waals surface area contributed by atoms with E-state index in [9.17, 15) is 9.00 Å². The second-order valence-electron chi connectivity index (χ2n) is 6.18. The Kier molecular flexibility index (Phi) is 6.89. The standard InChI is InChI=1S/C21H22N4O2S/c1-28(27)25(16-20-9-5-6-14-22-20)15-17-10-12-18(13-11-17)21(26)24-23-19-7-3-2-4-8-19/h2-14,23H,15-16H2,1H3,(H,24,26). The van der Waals surface area contributed by atoms with Gasteiger partial charge in [-0.1, -0.05) is 36.4 Å². The number of hydrogen-bond donors (Lipinski definition) is 2. The highest BCUT2D eigenvalue weighted by atomic mass is 32.2. The molecule has 0 spiro atoms. The molecule has 0 aliphatic rings. The van der Waals surface area contributed by atoms with Crippen LogP contribution >= 0.6 is 0 Å². The maximum absolute atomic E-state index is 12.3. The van der Waals surface area contributed by atoms with Gasteiger partial charge in [0, 0.05) is 24.6 Å². The molecule has 1 amide bonds. The molecule has 28 heavy (non-hydrogen) atoms. The summed E-state index contributed by atoms with van der Waals surface area (Å²) in [6, 6.07) is 22.3. The maximum Gasteiger partial charge on any atom is 0.269 e. The second-order valence-corrected chi connectivity index (χ2v) is 7.55. The Morgan fingerprint density at radius 3 is 2.32 bits per heavy atom. The fourth-order valence-electron chi connectivity index (χ4n) is 2.60. The molecule has 0 saturated carbocycles. The summed E-state index contributed by atoms with van der Waals surface area (Å²) >= 11 is 0. The van der Waals surface area contributed by atoms with Crippen LogP contribution in [-0.4, -0.2) is 25.7 Å². The van der Waals surface area contributed by atoms with Gasteiger partial charge in [-0.2, -0.15) is 0 Å². The highest BCUT2D eigenvalue weighted by molar-refractivity contribution is 7.81. The zero-order chi connectivity index (χ0) is 19.8. The molecule has 0 aliphatic heterocycles. The summed E-state index contributed by atoms with van der Waals surface area (Å²) in [5.74, 6) is -0.222. The average Bonchev–Trinajstić information content (AvgIpc) is 2.73. The Labute approximate surface area is 167 Å². The summed E-state index contributed by atoms with van der Waals surface area (Å²) in [5, 5.41) is 0. The van der Waals surface area contributed by atoms with E-state index < -0.39 is 11.0 Å². The Bertz CT molecular complexity index is 918. The third-order valence-electron chi connectivity index (χ3n) is 4.10. The van der Waals surface area contributed by atoms with Crippen LogP contribution in [0.5, 0.6) is 0 Å². The molecule has 2 aromatic carbocycles. The van der Waals surface area contributed by atoms with Gasteiger partial charge in [0.25, 0.3) is 5.91 Å². The minimum absolute atomic E-state index is 0.222. The van der Waals surface area contributed by atoms with Gasteiger partial charge in [0.15, 0.2) is 0 Å². The molecule has 1 aromatic heterocycles. The van der Waals surface area contributed by atoms with E-state index in [0.29, 0.717) is 18.7 Å². The second kappa shape index (κ2) is 9.77. The van der Waals surface area contributed by atoms with Crippen molar-refractivity contribution in [2.45, 2.75) is 13.1 Å². The number of nitrogens with one attached hydrogen (secondary N) is 2. The van der Waals surface area contributed by atoms with Crippen LogP contribution in [0, 0.1) is 0 Å². The summed E-state index contributed by atoms with van der Waals surface area (Å²) in [5.41, 5.74) is 8.73. The van der Waals surface area contributed by atoms with Crippen molar-refractivity contribution in [3.8, 4) is 0 Å². The first-order valence-electron chi connectivity index (χ1n) is 8.80. The number of hydrogen-bond acceptors (Lipinski definition) is 4. The van der Waals surface area contributed by atoms with Crippen LogP contribution in [0.15, 0.2) is 79.0 Å². The van der Waals surface area contributed by atoms with Crippen LogP contribution in [0.2, 0.25) is 0 Å². The number of pyridine rings is 1. The van der Waals surface area contributed by atoms with Gasteiger partial charge >= 0.3 is 0 Å². The molecule has 6 nitrogen and oxygen atoms in total. The van der Waals surface area contributed by atoms with E-state index in [1.165, 1.54) is 0 Å². The van der Waals surface area contributed by atoms with E-state index in [2.05, 4.69) is 15.8 Å². The number of hydrazine groups is 1. The number of rotatable bonds is 8. The van der Waals surface area contributed by atoms with Crippen molar-refractivity contribution in [2.24, 2.45) is 0 Å². The van der Waals surface area contributed by atoms with Crippen LogP contribution in [0.3, 0.4) is 0 Å². The van der Waals surface area contributed by atoms with Crippen LogP contribution in [-0.2, 0) is 24.1 Å². The normalized spacial score (nSPS) is 11.8. The van der Waals surface area contributed by atoms with Crippen molar-refractivity contribution in [3.05, 3.63) is 95.8 Å². The van der Waals surface area contributed by atoms with E-state index in [4.69, 9.17) is 0 Å². The number of aromatic nitrogens is 1. The first kappa shape index (κ1) is 19.7. The number of amides is 1. The summed E-state index contributed by atoms with van der Waals surface area (Å²) < 4.78 is 13.9. The molecule has 0 aliphatic carbocycles. The highest BCUT2D eigenvalue weighted by Gasteiger charge is 2.12. The van der Waals surface area contributed by atoms with E-state index in [1.807, 2.05) is 65.0 Å². The van der Waals surface area contributed by atoms with Gasteiger partial charge in [-0.3, -0.25) is 20.6 Å². The van der Waals surface area contributed by atoms with E-state index in [1.54, 1.807) is 24.6 Å². The van der Waals surface area contributed by atoms with Crippen LogP contribution in [0.25, 0.3) is 0 Å². The fraction of sp³-hybridized carbons (Fsp3) is 0.143. The minimum Gasteiger partial charge on any atom is -0.298 e. The lowest BCUT2D eigenvalue weighted by molar-refractivity contribution is 0.0962. The van der Waals surface area contributed by atoms with Crippen LogP contribution < -0.4 is 10.9 Å². The molecule has 3 aromatic rings. The van der Waals surface area contributed by atoms with Gasteiger partial charge in [-0.25, -0.2) is 8.51 Å². The molecule has 1 atom stereocenters. The monoisotopic (exact) mass is 394 g/mol. The number of nitrogens with zero attached hydrogens (tertiary/aromatic N) is 2. The van der Waals surface area contributed by atoms with Gasteiger partial charge in [0.05, 0.1) is 28.9 Å². The van der Waals surface area contributed by atoms with Crippen molar-refractivity contribution < 1.29 is 9.00 Å². The SMILES string of the molecule is CS(=O)N(Cc1ccc(C(=O)NNc2ccccc2)cc1)Cc1ccccn1. The summed E-state index contributed by atoms with van der Waals surface area (Å²) in [4.78, 5) is 16.5. The zero-order valence-electron chi connectivity index (χ0n) is 15.5. The Hall–Kier alpha value is -3.03. The first-order valence-corrected chi connectivity index (χ1v) is 10.3.